The molecule has 2 heterocycles. The Labute approximate surface area is 91.2 Å². The molecule has 0 aliphatic rings. The Kier molecular flexibility index (Phi) is 2.89. The summed E-state index contributed by atoms with van der Waals surface area (Å²) in [6, 6.07) is 11.7. The van der Waals surface area contributed by atoms with E-state index in [9.17, 15) is 0 Å². The molecule has 0 radical (unpaired) electrons. The molecular weight excluding hydrogens is 240 g/mol. The summed E-state index contributed by atoms with van der Waals surface area (Å²) < 4.78 is 0. The minimum Gasteiger partial charge on any atom is -0.260 e. The SMILES string of the molecule is BrC(c1ccccn1)c1ccccn1. The van der Waals surface area contributed by atoms with Crippen molar-refractivity contribution in [1.82, 2.24) is 9.97 Å². The molecule has 0 fully saturated rings. The van der Waals surface area contributed by atoms with Gasteiger partial charge in [-0.05, 0) is 24.3 Å². The Morgan fingerprint density at radius 1 is 0.857 bits per heavy atom. The molecule has 0 N–H and O–H groups in total. The molecule has 0 aliphatic carbocycles. The first-order chi connectivity index (χ1) is 6.88. The first-order valence-electron chi connectivity index (χ1n) is 4.34. The summed E-state index contributed by atoms with van der Waals surface area (Å²) in [5, 5.41) is 0. The zero-order valence-corrected chi connectivity index (χ0v) is 9.05. The van der Waals surface area contributed by atoms with Crippen LogP contribution in [0.2, 0.25) is 0 Å². The number of pyridine rings is 2. The van der Waals surface area contributed by atoms with Gasteiger partial charge in [0.15, 0.2) is 0 Å². The maximum Gasteiger partial charge on any atom is 0.0988 e. The maximum absolute atomic E-state index is 4.27. The zero-order chi connectivity index (χ0) is 9.80. The topological polar surface area (TPSA) is 25.8 Å². The summed E-state index contributed by atoms with van der Waals surface area (Å²) in [7, 11) is 0. The van der Waals surface area contributed by atoms with E-state index in [0.717, 1.165) is 11.4 Å². The molecule has 0 aromatic carbocycles. The van der Waals surface area contributed by atoms with Gasteiger partial charge in [0.2, 0.25) is 0 Å². The highest BCUT2D eigenvalue weighted by Gasteiger charge is 2.11. The highest BCUT2D eigenvalue weighted by atomic mass is 79.9. The first kappa shape index (κ1) is 9.34. The third kappa shape index (κ3) is 1.99. The molecule has 3 heteroatoms. The van der Waals surface area contributed by atoms with E-state index in [4.69, 9.17) is 0 Å². The number of alkyl halides is 1. The molecule has 14 heavy (non-hydrogen) atoms. The Hall–Kier alpha value is -1.22. The minimum atomic E-state index is 0.0740. The molecule has 0 saturated heterocycles. The highest BCUT2D eigenvalue weighted by Crippen LogP contribution is 2.26. The third-order valence-corrected chi connectivity index (χ3v) is 2.83. The Morgan fingerprint density at radius 2 is 1.36 bits per heavy atom. The van der Waals surface area contributed by atoms with Crippen molar-refractivity contribution in [2.45, 2.75) is 4.83 Å². The normalized spacial score (nSPS) is 10.4. The number of aromatic nitrogens is 2. The summed E-state index contributed by atoms with van der Waals surface area (Å²) in [6.45, 7) is 0. The van der Waals surface area contributed by atoms with Crippen LogP contribution in [-0.4, -0.2) is 9.97 Å². The van der Waals surface area contributed by atoms with Crippen molar-refractivity contribution in [1.29, 1.82) is 0 Å². The molecular formula is C11H9BrN2. The van der Waals surface area contributed by atoms with E-state index in [-0.39, 0.29) is 4.83 Å². The fourth-order valence-corrected chi connectivity index (χ4v) is 1.74. The Balaban J connectivity index is 2.30. The Bertz CT molecular complexity index is 349. The average molecular weight is 249 g/mol. The molecule has 2 rings (SSSR count). The van der Waals surface area contributed by atoms with Crippen LogP contribution in [-0.2, 0) is 0 Å². The van der Waals surface area contributed by atoms with Crippen LogP contribution in [0.4, 0.5) is 0 Å². The van der Waals surface area contributed by atoms with Gasteiger partial charge >= 0.3 is 0 Å². The van der Waals surface area contributed by atoms with E-state index >= 15 is 0 Å². The van der Waals surface area contributed by atoms with E-state index in [0.29, 0.717) is 0 Å². The van der Waals surface area contributed by atoms with Crippen LogP contribution >= 0.6 is 15.9 Å². The average Bonchev–Trinajstić information content (AvgIpc) is 2.30. The van der Waals surface area contributed by atoms with Crippen LogP contribution in [0.1, 0.15) is 16.2 Å². The van der Waals surface area contributed by atoms with E-state index in [2.05, 4.69) is 25.9 Å². The number of nitrogens with zero attached hydrogens (tertiary/aromatic N) is 2. The van der Waals surface area contributed by atoms with Gasteiger partial charge in [0, 0.05) is 12.4 Å². The molecule has 0 aliphatic heterocycles. The molecule has 2 nitrogen and oxygen atoms in total. The van der Waals surface area contributed by atoms with Crippen molar-refractivity contribution < 1.29 is 0 Å². The fraction of sp³-hybridized carbons (Fsp3) is 0.0909. The quantitative estimate of drug-likeness (QED) is 0.764. The van der Waals surface area contributed by atoms with Crippen LogP contribution in [0.3, 0.4) is 0 Å². The van der Waals surface area contributed by atoms with Crippen LogP contribution in [0.5, 0.6) is 0 Å². The second-order valence-corrected chi connectivity index (χ2v) is 3.79. The monoisotopic (exact) mass is 248 g/mol. The standard InChI is InChI=1S/C11H9BrN2/c12-11(9-5-1-3-7-13-9)10-6-2-4-8-14-10/h1-8,11H. The molecule has 0 saturated carbocycles. The lowest BCUT2D eigenvalue weighted by Gasteiger charge is -2.07. The summed E-state index contributed by atoms with van der Waals surface area (Å²) in [5.41, 5.74) is 1.96. The molecule has 70 valence electrons. The number of halogens is 1. The molecule has 0 bridgehead atoms. The predicted molar refractivity (Wildman–Crippen MR) is 59.2 cm³/mol. The largest absolute Gasteiger partial charge is 0.260 e. The van der Waals surface area contributed by atoms with Crippen LogP contribution in [0, 0.1) is 0 Å². The van der Waals surface area contributed by atoms with Gasteiger partial charge < -0.3 is 0 Å². The molecule has 0 amide bonds. The predicted octanol–water partition coefficient (Wildman–Crippen LogP) is 2.96. The third-order valence-electron chi connectivity index (χ3n) is 1.89. The number of hydrogen-bond acceptors (Lipinski definition) is 2. The summed E-state index contributed by atoms with van der Waals surface area (Å²) in [5.74, 6) is 0. The van der Waals surface area contributed by atoms with Gasteiger partial charge in [-0.15, -0.1) is 0 Å². The van der Waals surface area contributed by atoms with E-state index in [1.54, 1.807) is 12.4 Å². The number of hydrogen-bond donors (Lipinski definition) is 0. The van der Waals surface area contributed by atoms with Gasteiger partial charge in [-0.1, -0.05) is 28.1 Å². The number of rotatable bonds is 2. The Morgan fingerprint density at radius 3 is 1.71 bits per heavy atom. The van der Waals surface area contributed by atoms with Crippen LogP contribution < -0.4 is 0 Å². The van der Waals surface area contributed by atoms with Crippen molar-refractivity contribution >= 4 is 15.9 Å². The maximum atomic E-state index is 4.27. The van der Waals surface area contributed by atoms with Gasteiger partial charge in [-0.2, -0.15) is 0 Å². The second kappa shape index (κ2) is 4.33. The first-order valence-corrected chi connectivity index (χ1v) is 5.25. The summed E-state index contributed by atoms with van der Waals surface area (Å²) >= 11 is 3.57. The lowest BCUT2D eigenvalue weighted by atomic mass is 10.2. The van der Waals surface area contributed by atoms with Gasteiger partial charge in [-0.25, -0.2) is 0 Å². The molecule has 0 spiro atoms. The second-order valence-electron chi connectivity index (χ2n) is 2.87. The van der Waals surface area contributed by atoms with Crippen LogP contribution in [0.25, 0.3) is 0 Å². The lowest BCUT2D eigenvalue weighted by Crippen LogP contribution is -1.97. The van der Waals surface area contributed by atoms with Gasteiger partial charge in [0.05, 0.1) is 16.2 Å². The zero-order valence-electron chi connectivity index (χ0n) is 7.47. The van der Waals surface area contributed by atoms with Crippen molar-refractivity contribution in [3.63, 3.8) is 0 Å². The highest BCUT2D eigenvalue weighted by molar-refractivity contribution is 9.09. The lowest BCUT2D eigenvalue weighted by molar-refractivity contribution is 1.00. The molecule has 2 aromatic heterocycles. The fourth-order valence-electron chi connectivity index (χ4n) is 1.20. The molecule has 0 unspecified atom stereocenters. The van der Waals surface area contributed by atoms with Crippen molar-refractivity contribution in [2.24, 2.45) is 0 Å². The smallest absolute Gasteiger partial charge is 0.0988 e. The van der Waals surface area contributed by atoms with E-state index in [1.165, 1.54) is 0 Å². The summed E-state index contributed by atoms with van der Waals surface area (Å²) in [6.07, 6.45) is 3.57. The van der Waals surface area contributed by atoms with Crippen molar-refractivity contribution in [3.05, 3.63) is 60.2 Å². The van der Waals surface area contributed by atoms with Gasteiger partial charge in [-0.3, -0.25) is 9.97 Å². The van der Waals surface area contributed by atoms with Gasteiger partial charge in [0.25, 0.3) is 0 Å². The van der Waals surface area contributed by atoms with Gasteiger partial charge in [0.1, 0.15) is 0 Å². The molecule has 0 atom stereocenters. The van der Waals surface area contributed by atoms with E-state index in [1.807, 2.05) is 36.4 Å². The van der Waals surface area contributed by atoms with E-state index < -0.39 is 0 Å². The summed E-state index contributed by atoms with van der Waals surface area (Å²) in [4.78, 5) is 8.61. The van der Waals surface area contributed by atoms with Crippen LogP contribution in [0.15, 0.2) is 48.8 Å². The van der Waals surface area contributed by atoms with Crippen molar-refractivity contribution in [2.75, 3.05) is 0 Å². The minimum absolute atomic E-state index is 0.0740. The van der Waals surface area contributed by atoms with Crippen molar-refractivity contribution in [3.8, 4) is 0 Å². The molecule has 2 aromatic rings.